The first-order chi connectivity index (χ1) is 22.9. The third-order valence-electron chi connectivity index (χ3n) is 10.2. The van der Waals surface area contributed by atoms with E-state index >= 15 is 0 Å². The highest BCUT2D eigenvalue weighted by Crippen LogP contribution is 2.45. The Morgan fingerprint density at radius 3 is 2.38 bits per heavy atom. The fourth-order valence-corrected chi connectivity index (χ4v) is 8.82. The van der Waals surface area contributed by atoms with Gasteiger partial charge in [-0.2, -0.15) is 0 Å². The van der Waals surface area contributed by atoms with Gasteiger partial charge in [0.25, 0.3) is 0 Å². The van der Waals surface area contributed by atoms with Gasteiger partial charge < -0.3 is 24.2 Å². The molecule has 0 amide bonds. The van der Waals surface area contributed by atoms with Gasteiger partial charge >= 0.3 is 5.97 Å². The number of carboxylic acid groups (broad SMARTS) is 1. The minimum Gasteiger partial charge on any atom is -0.479 e. The van der Waals surface area contributed by atoms with Crippen molar-refractivity contribution >= 4 is 50.0 Å². The molecule has 9 heteroatoms. The highest BCUT2D eigenvalue weighted by Gasteiger charge is 2.33. The van der Waals surface area contributed by atoms with E-state index < -0.39 is 17.7 Å². The van der Waals surface area contributed by atoms with Crippen molar-refractivity contribution in [1.29, 1.82) is 0 Å². The summed E-state index contributed by atoms with van der Waals surface area (Å²) in [6.45, 7) is 12.3. The molecule has 4 heterocycles. The van der Waals surface area contributed by atoms with Gasteiger partial charge in [-0.25, -0.2) is 9.78 Å². The van der Waals surface area contributed by atoms with Crippen LogP contribution in [0.2, 0.25) is 5.02 Å². The SMILES string of the molecule is Cc1cc2nc(-c3ccc4c(c3)c(C3CCN(CC5CCN5C)CC3)cn4C)sc2c(-c2ccc(Cl)cc2)c1[C@H](OC(C)(C)C)C(=O)O. The van der Waals surface area contributed by atoms with Crippen molar-refractivity contribution < 1.29 is 14.6 Å². The summed E-state index contributed by atoms with van der Waals surface area (Å²) in [6, 6.07) is 17.0. The van der Waals surface area contributed by atoms with E-state index in [4.69, 9.17) is 21.3 Å². The lowest BCUT2D eigenvalue weighted by molar-refractivity contribution is -0.160. The van der Waals surface area contributed by atoms with Crippen molar-refractivity contribution in [3.05, 3.63) is 76.4 Å². The molecule has 252 valence electrons. The van der Waals surface area contributed by atoms with Gasteiger partial charge in [-0.1, -0.05) is 23.7 Å². The van der Waals surface area contributed by atoms with Crippen molar-refractivity contribution in [2.24, 2.45) is 7.05 Å². The van der Waals surface area contributed by atoms with Gasteiger partial charge in [-0.15, -0.1) is 11.3 Å². The lowest BCUT2D eigenvalue weighted by Crippen LogP contribution is -2.52. The van der Waals surface area contributed by atoms with Crippen LogP contribution in [0, 0.1) is 6.92 Å². The topological polar surface area (TPSA) is 70.8 Å². The number of aryl methyl sites for hydroxylation is 2. The summed E-state index contributed by atoms with van der Waals surface area (Å²) >= 11 is 7.90. The standard InChI is InChI=1S/C39H45ClN4O3S/c1-23-19-31-36(34(25-7-10-27(40)11-8-25)33(23)35(38(45)46)47-39(2,3)4)48-37(41-31)26-9-12-32-29(20-26)30(22-43(32)6)24-13-17-44(18-14-24)21-28-15-16-42(28)5/h7-12,19-20,22,24,28,35H,13-18,21H2,1-6H3,(H,45,46)/t28?,35-/m0/s1. The first kappa shape index (κ1) is 33.2. The summed E-state index contributed by atoms with van der Waals surface area (Å²) in [6.07, 6.45) is 4.86. The highest BCUT2D eigenvalue weighted by molar-refractivity contribution is 7.22. The summed E-state index contributed by atoms with van der Waals surface area (Å²) in [7, 11) is 4.39. The number of benzene rings is 3. The molecule has 2 aliphatic heterocycles. The molecule has 5 aromatic rings. The maximum absolute atomic E-state index is 12.7. The van der Waals surface area contributed by atoms with Crippen molar-refractivity contribution in [2.75, 3.05) is 33.2 Å². The zero-order chi connectivity index (χ0) is 33.9. The number of carbonyl (C=O) groups is 1. The van der Waals surface area contributed by atoms with Crippen LogP contribution in [0.25, 0.3) is 42.8 Å². The van der Waals surface area contributed by atoms with Crippen molar-refractivity contribution in [3.8, 4) is 21.7 Å². The summed E-state index contributed by atoms with van der Waals surface area (Å²) in [5, 5.41) is 13.3. The largest absolute Gasteiger partial charge is 0.479 e. The van der Waals surface area contributed by atoms with Gasteiger partial charge in [0.15, 0.2) is 6.10 Å². The van der Waals surface area contributed by atoms with E-state index in [-0.39, 0.29) is 0 Å². The number of hydrogen-bond acceptors (Lipinski definition) is 6. The van der Waals surface area contributed by atoms with Crippen LogP contribution in [0.4, 0.5) is 0 Å². The number of aliphatic carboxylic acids is 1. The Hall–Kier alpha value is -3.27. The molecule has 0 radical (unpaired) electrons. The number of likely N-dealkylation sites (tertiary alicyclic amines) is 2. The summed E-state index contributed by atoms with van der Waals surface area (Å²) in [5.41, 5.74) is 7.13. The molecule has 0 aliphatic carbocycles. The lowest BCUT2D eigenvalue weighted by atomic mass is 9.88. The van der Waals surface area contributed by atoms with E-state index in [1.807, 2.05) is 58.0 Å². The second kappa shape index (κ2) is 12.9. The van der Waals surface area contributed by atoms with E-state index in [0.717, 1.165) is 56.6 Å². The molecular weight excluding hydrogens is 640 g/mol. The number of rotatable bonds is 8. The molecular formula is C39H45ClN4O3S. The van der Waals surface area contributed by atoms with Gasteiger partial charge in [0.05, 0.1) is 15.8 Å². The minimum atomic E-state index is -1.14. The van der Waals surface area contributed by atoms with E-state index in [1.165, 1.54) is 48.8 Å². The summed E-state index contributed by atoms with van der Waals surface area (Å²) in [4.78, 5) is 23.1. The highest BCUT2D eigenvalue weighted by atomic mass is 35.5. The quantitative estimate of drug-likeness (QED) is 0.176. The number of halogens is 1. The summed E-state index contributed by atoms with van der Waals surface area (Å²) in [5.74, 6) is -0.484. The third-order valence-corrected chi connectivity index (χ3v) is 11.6. The van der Waals surface area contributed by atoms with Crippen LogP contribution in [0.3, 0.4) is 0 Å². The third kappa shape index (κ3) is 6.41. The molecule has 48 heavy (non-hydrogen) atoms. The van der Waals surface area contributed by atoms with Crippen molar-refractivity contribution in [3.63, 3.8) is 0 Å². The number of likely N-dealkylation sites (N-methyl/N-ethyl adjacent to an activating group) is 1. The maximum atomic E-state index is 12.7. The Bertz CT molecular complexity index is 1980. The number of ether oxygens (including phenoxy) is 1. The zero-order valence-corrected chi connectivity index (χ0v) is 30.3. The predicted molar refractivity (Wildman–Crippen MR) is 197 cm³/mol. The molecule has 2 fully saturated rings. The Labute approximate surface area is 292 Å². The zero-order valence-electron chi connectivity index (χ0n) is 28.7. The number of hydrogen-bond donors (Lipinski definition) is 1. The molecule has 7 rings (SSSR count). The first-order valence-corrected chi connectivity index (χ1v) is 18.2. The van der Waals surface area contributed by atoms with Gasteiger partial charge in [0, 0.05) is 58.4 Å². The normalized spacial score (nSPS) is 18.9. The van der Waals surface area contributed by atoms with Gasteiger partial charge in [-0.3, -0.25) is 0 Å². The van der Waals surface area contributed by atoms with Crippen LogP contribution >= 0.6 is 22.9 Å². The molecule has 2 atom stereocenters. The van der Waals surface area contributed by atoms with Gasteiger partial charge in [0.2, 0.25) is 0 Å². The molecule has 0 bridgehead atoms. The monoisotopic (exact) mass is 684 g/mol. The van der Waals surface area contributed by atoms with Gasteiger partial charge in [-0.05, 0) is 133 Å². The smallest absolute Gasteiger partial charge is 0.337 e. The second-order valence-corrected chi connectivity index (χ2v) is 16.2. The average molecular weight is 685 g/mol. The van der Waals surface area contributed by atoms with Crippen molar-refractivity contribution in [1.82, 2.24) is 19.4 Å². The Kier molecular flexibility index (Phi) is 8.92. The Morgan fingerprint density at radius 2 is 1.75 bits per heavy atom. The maximum Gasteiger partial charge on any atom is 0.337 e. The fraction of sp³-hybridized carbons (Fsp3) is 0.436. The Morgan fingerprint density at radius 1 is 1.04 bits per heavy atom. The molecule has 3 aromatic carbocycles. The molecule has 2 aliphatic rings. The first-order valence-electron chi connectivity index (χ1n) is 17.0. The van der Waals surface area contributed by atoms with Crippen LogP contribution in [0.5, 0.6) is 0 Å². The average Bonchev–Trinajstić information content (AvgIpc) is 3.62. The number of piperidine rings is 1. The fourth-order valence-electron chi connectivity index (χ4n) is 7.57. The van der Waals surface area contributed by atoms with Crippen LogP contribution in [0.1, 0.15) is 68.7 Å². The molecule has 1 unspecified atom stereocenters. The molecule has 1 N–H and O–H groups in total. The number of fused-ring (bicyclic) bond motifs is 2. The lowest BCUT2D eigenvalue weighted by Gasteiger charge is -2.42. The molecule has 2 saturated heterocycles. The molecule has 2 aromatic heterocycles. The van der Waals surface area contributed by atoms with Crippen LogP contribution < -0.4 is 0 Å². The number of carboxylic acids is 1. The molecule has 0 spiro atoms. The number of aromatic nitrogens is 2. The minimum absolute atomic E-state index is 0.534. The van der Waals surface area contributed by atoms with Crippen LogP contribution in [-0.2, 0) is 16.6 Å². The van der Waals surface area contributed by atoms with E-state index in [1.54, 1.807) is 11.3 Å². The number of thiazole rings is 1. The Balaban J connectivity index is 1.28. The van der Waals surface area contributed by atoms with Gasteiger partial charge in [0.1, 0.15) is 5.01 Å². The van der Waals surface area contributed by atoms with Crippen molar-refractivity contribution in [2.45, 2.75) is 70.6 Å². The summed E-state index contributed by atoms with van der Waals surface area (Å²) < 4.78 is 9.40. The molecule has 0 saturated carbocycles. The van der Waals surface area contributed by atoms with Crippen LogP contribution in [0.15, 0.2) is 54.7 Å². The molecule has 7 nitrogen and oxygen atoms in total. The van der Waals surface area contributed by atoms with E-state index in [0.29, 0.717) is 16.5 Å². The number of nitrogens with zero attached hydrogens (tertiary/aromatic N) is 4. The van der Waals surface area contributed by atoms with E-state index in [2.05, 4.69) is 52.9 Å². The second-order valence-electron chi connectivity index (χ2n) is 14.7. The van der Waals surface area contributed by atoms with E-state index in [9.17, 15) is 9.90 Å². The predicted octanol–water partition coefficient (Wildman–Crippen LogP) is 8.91. The van der Waals surface area contributed by atoms with Crippen LogP contribution in [-0.4, -0.2) is 75.3 Å².